The highest BCUT2D eigenvalue weighted by Crippen LogP contribution is 2.18. The van der Waals surface area contributed by atoms with Crippen LogP contribution in [0.5, 0.6) is 5.75 Å². The minimum absolute atomic E-state index is 0.000289. The van der Waals surface area contributed by atoms with Gasteiger partial charge < -0.3 is 19.3 Å². The Bertz CT molecular complexity index is 600. The van der Waals surface area contributed by atoms with Crippen LogP contribution in [0.3, 0.4) is 0 Å². The molecule has 1 aromatic carbocycles. The molecular formula is C19H26N2O4. The first-order chi connectivity index (χ1) is 12.0. The summed E-state index contributed by atoms with van der Waals surface area (Å²) >= 11 is 0. The van der Waals surface area contributed by atoms with E-state index in [9.17, 15) is 9.59 Å². The molecule has 0 N–H and O–H groups in total. The molecule has 0 bridgehead atoms. The third kappa shape index (κ3) is 4.31. The van der Waals surface area contributed by atoms with Gasteiger partial charge in [-0.3, -0.25) is 9.59 Å². The molecule has 2 fully saturated rings. The number of carbonyl (C=O) groups is 2. The van der Waals surface area contributed by atoms with Gasteiger partial charge >= 0.3 is 0 Å². The molecule has 0 spiro atoms. The van der Waals surface area contributed by atoms with Gasteiger partial charge in [0.1, 0.15) is 11.9 Å². The molecule has 0 saturated carbocycles. The van der Waals surface area contributed by atoms with Gasteiger partial charge in [0, 0.05) is 38.3 Å². The minimum atomic E-state index is -0.282. The van der Waals surface area contributed by atoms with Crippen LogP contribution in [-0.4, -0.2) is 66.6 Å². The van der Waals surface area contributed by atoms with Crippen LogP contribution in [0.15, 0.2) is 24.3 Å². The van der Waals surface area contributed by atoms with E-state index in [0.717, 1.165) is 18.6 Å². The van der Waals surface area contributed by atoms with Gasteiger partial charge in [0.25, 0.3) is 11.8 Å². The highest BCUT2D eigenvalue weighted by Gasteiger charge is 2.31. The lowest BCUT2D eigenvalue weighted by molar-refractivity contribution is -0.142. The first-order valence-electron chi connectivity index (χ1n) is 9.01. The summed E-state index contributed by atoms with van der Waals surface area (Å²) in [6, 6.07) is 7.24. The zero-order chi connectivity index (χ0) is 17.8. The van der Waals surface area contributed by atoms with Crippen LogP contribution in [0.2, 0.25) is 0 Å². The van der Waals surface area contributed by atoms with Crippen LogP contribution >= 0.6 is 0 Å². The lowest BCUT2D eigenvalue weighted by atomic mass is 10.1. The van der Waals surface area contributed by atoms with Crippen molar-refractivity contribution >= 4 is 11.8 Å². The quantitative estimate of drug-likeness (QED) is 0.836. The highest BCUT2D eigenvalue weighted by molar-refractivity contribution is 5.94. The molecule has 2 aliphatic heterocycles. The fourth-order valence-corrected chi connectivity index (χ4v) is 3.24. The molecule has 3 rings (SSSR count). The molecule has 2 heterocycles. The van der Waals surface area contributed by atoms with E-state index in [-0.39, 0.29) is 24.0 Å². The molecule has 2 saturated heterocycles. The van der Waals surface area contributed by atoms with Crippen molar-refractivity contribution in [3.8, 4) is 5.75 Å². The lowest BCUT2D eigenvalue weighted by Crippen LogP contribution is -2.52. The molecule has 0 aromatic heterocycles. The van der Waals surface area contributed by atoms with Gasteiger partial charge in [-0.1, -0.05) is 0 Å². The van der Waals surface area contributed by atoms with Gasteiger partial charge in [-0.05, 0) is 51.0 Å². The van der Waals surface area contributed by atoms with Crippen LogP contribution in [0, 0.1) is 0 Å². The summed E-state index contributed by atoms with van der Waals surface area (Å²) in [6.07, 6.45) is 1.58. The Morgan fingerprint density at radius 2 is 1.72 bits per heavy atom. The van der Waals surface area contributed by atoms with E-state index in [1.54, 1.807) is 17.0 Å². The number of rotatable bonds is 4. The average Bonchev–Trinajstić information content (AvgIpc) is 3.15. The van der Waals surface area contributed by atoms with Gasteiger partial charge in [-0.15, -0.1) is 0 Å². The molecule has 1 unspecified atom stereocenters. The summed E-state index contributed by atoms with van der Waals surface area (Å²) in [4.78, 5) is 28.6. The van der Waals surface area contributed by atoms with E-state index < -0.39 is 0 Å². The third-order valence-electron chi connectivity index (χ3n) is 4.56. The smallest absolute Gasteiger partial charge is 0.253 e. The van der Waals surface area contributed by atoms with Gasteiger partial charge in [0.05, 0.1) is 6.10 Å². The number of piperazine rings is 1. The van der Waals surface area contributed by atoms with Gasteiger partial charge in [-0.2, -0.15) is 0 Å². The van der Waals surface area contributed by atoms with Crippen molar-refractivity contribution in [2.24, 2.45) is 0 Å². The molecule has 0 aliphatic carbocycles. The molecule has 25 heavy (non-hydrogen) atoms. The molecule has 6 nitrogen and oxygen atoms in total. The lowest BCUT2D eigenvalue weighted by Gasteiger charge is -2.35. The maximum atomic E-state index is 12.6. The monoisotopic (exact) mass is 346 g/mol. The Labute approximate surface area is 148 Å². The van der Waals surface area contributed by atoms with Crippen LogP contribution < -0.4 is 4.74 Å². The van der Waals surface area contributed by atoms with Crippen molar-refractivity contribution in [2.75, 3.05) is 32.8 Å². The number of hydrogen-bond donors (Lipinski definition) is 0. The van der Waals surface area contributed by atoms with Crippen molar-refractivity contribution in [2.45, 2.75) is 38.9 Å². The van der Waals surface area contributed by atoms with E-state index >= 15 is 0 Å². The van der Waals surface area contributed by atoms with Crippen molar-refractivity contribution in [1.29, 1.82) is 0 Å². The van der Waals surface area contributed by atoms with Crippen LogP contribution in [0.4, 0.5) is 0 Å². The zero-order valence-corrected chi connectivity index (χ0v) is 14.9. The van der Waals surface area contributed by atoms with Gasteiger partial charge in [-0.25, -0.2) is 0 Å². The number of ether oxygens (including phenoxy) is 2. The number of hydrogen-bond acceptors (Lipinski definition) is 4. The van der Waals surface area contributed by atoms with Crippen LogP contribution in [0.25, 0.3) is 0 Å². The van der Waals surface area contributed by atoms with Gasteiger partial charge in [0.15, 0.2) is 0 Å². The SMILES string of the molecule is CC(C)Oc1ccc(C(=O)N2CCN(C(=O)C3CCCO3)CC2)cc1. The fraction of sp³-hybridized carbons (Fsp3) is 0.579. The Hall–Kier alpha value is -2.08. The Balaban J connectivity index is 1.53. The summed E-state index contributed by atoms with van der Waals surface area (Å²) in [5.74, 6) is 0.832. The average molecular weight is 346 g/mol. The van der Waals surface area contributed by atoms with Crippen molar-refractivity contribution in [1.82, 2.24) is 9.80 Å². The molecule has 6 heteroatoms. The maximum Gasteiger partial charge on any atom is 0.253 e. The Morgan fingerprint density at radius 1 is 1.08 bits per heavy atom. The van der Waals surface area contributed by atoms with Crippen molar-refractivity contribution < 1.29 is 19.1 Å². The normalized spacial score (nSPS) is 20.8. The Morgan fingerprint density at radius 3 is 2.28 bits per heavy atom. The number of nitrogens with zero attached hydrogens (tertiary/aromatic N) is 2. The van der Waals surface area contributed by atoms with Gasteiger partial charge in [0.2, 0.25) is 0 Å². The van der Waals surface area contributed by atoms with E-state index in [4.69, 9.17) is 9.47 Å². The third-order valence-corrected chi connectivity index (χ3v) is 4.56. The highest BCUT2D eigenvalue weighted by atomic mass is 16.5. The molecule has 0 radical (unpaired) electrons. The maximum absolute atomic E-state index is 12.6. The molecular weight excluding hydrogens is 320 g/mol. The topological polar surface area (TPSA) is 59.1 Å². The van der Waals surface area contributed by atoms with Crippen molar-refractivity contribution in [3.05, 3.63) is 29.8 Å². The number of benzene rings is 1. The summed E-state index contributed by atoms with van der Waals surface area (Å²) < 4.78 is 11.1. The largest absolute Gasteiger partial charge is 0.491 e. The first-order valence-corrected chi connectivity index (χ1v) is 9.01. The minimum Gasteiger partial charge on any atom is -0.491 e. The van der Waals surface area contributed by atoms with Crippen LogP contribution in [-0.2, 0) is 9.53 Å². The predicted molar refractivity (Wildman–Crippen MR) is 93.7 cm³/mol. The fourth-order valence-electron chi connectivity index (χ4n) is 3.24. The zero-order valence-electron chi connectivity index (χ0n) is 14.9. The predicted octanol–water partition coefficient (Wildman–Crippen LogP) is 1.94. The van der Waals surface area contributed by atoms with E-state index in [1.165, 1.54) is 0 Å². The second-order valence-electron chi connectivity index (χ2n) is 6.81. The molecule has 1 atom stereocenters. The van der Waals surface area contributed by atoms with E-state index in [1.807, 2.05) is 30.9 Å². The molecule has 2 aliphatic rings. The number of carbonyl (C=O) groups excluding carboxylic acids is 2. The first kappa shape index (κ1) is 17.7. The summed E-state index contributed by atoms with van der Waals surface area (Å²) in [5, 5.41) is 0. The van der Waals surface area contributed by atoms with Crippen molar-refractivity contribution in [3.63, 3.8) is 0 Å². The second kappa shape index (κ2) is 7.87. The summed E-state index contributed by atoms with van der Waals surface area (Å²) in [7, 11) is 0. The standard InChI is InChI=1S/C19H26N2O4/c1-14(2)25-16-7-5-15(6-8-16)18(22)20-9-11-21(12-10-20)19(23)17-4-3-13-24-17/h5-8,14,17H,3-4,9-13H2,1-2H3. The molecule has 2 amide bonds. The summed E-state index contributed by atoms with van der Waals surface area (Å²) in [5.41, 5.74) is 0.648. The number of amides is 2. The van der Waals surface area contributed by atoms with Crippen LogP contribution in [0.1, 0.15) is 37.0 Å². The Kier molecular flexibility index (Phi) is 5.58. The van der Waals surface area contributed by atoms with E-state index in [0.29, 0.717) is 38.3 Å². The summed E-state index contributed by atoms with van der Waals surface area (Å²) in [6.45, 7) is 6.86. The molecule has 136 valence electrons. The molecule has 1 aromatic rings. The van der Waals surface area contributed by atoms with E-state index in [2.05, 4.69) is 0 Å². The second-order valence-corrected chi connectivity index (χ2v) is 6.81.